The second-order valence-corrected chi connectivity index (χ2v) is 9.20. The normalized spacial score (nSPS) is 18.0. The van der Waals surface area contributed by atoms with Gasteiger partial charge in [0.2, 0.25) is 5.91 Å². The van der Waals surface area contributed by atoms with Gasteiger partial charge in [0.05, 0.1) is 25.1 Å². The molecule has 0 aliphatic carbocycles. The van der Waals surface area contributed by atoms with Crippen molar-refractivity contribution in [3.63, 3.8) is 0 Å². The average molecular weight is 488 g/mol. The number of ether oxygens (including phenoxy) is 1. The van der Waals surface area contributed by atoms with Crippen LogP contribution in [-0.4, -0.2) is 34.5 Å². The van der Waals surface area contributed by atoms with E-state index in [-0.39, 0.29) is 11.2 Å². The minimum Gasteiger partial charge on any atom is -0.496 e. The van der Waals surface area contributed by atoms with Crippen LogP contribution in [0.4, 0.5) is 0 Å². The van der Waals surface area contributed by atoms with Crippen LogP contribution in [0.2, 0.25) is 0 Å². The summed E-state index contributed by atoms with van der Waals surface area (Å²) in [7, 11) is 1.63. The molecule has 30 heavy (non-hydrogen) atoms. The molecule has 2 aromatic rings. The lowest BCUT2D eigenvalue weighted by atomic mass is 10.1. The molecular formula is C23H26BrN3O2S. The summed E-state index contributed by atoms with van der Waals surface area (Å²) in [6.07, 6.45) is 4.60. The molecule has 1 amide bonds. The van der Waals surface area contributed by atoms with Crippen LogP contribution in [0.5, 0.6) is 5.75 Å². The van der Waals surface area contributed by atoms with E-state index in [1.165, 1.54) is 11.8 Å². The van der Waals surface area contributed by atoms with Gasteiger partial charge in [-0.05, 0) is 42.7 Å². The van der Waals surface area contributed by atoms with E-state index in [0.29, 0.717) is 11.7 Å². The maximum Gasteiger partial charge on any atom is 0.242 e. The van der Waals surface area contributed by atoms with Gasteiger partial charge < -0.3 is 4.74 Å². The molecule has 7 heteroatoms. The van der Waals surface area contributed by atoms with Crippen molar-refractivity contribution in [1.82, 2.24) is 4.90 Å². The number of carbonyl (C=O) groups excluding carboxylic acids is 1. The summed E-state index contributed by atoms with van der Waals surface area (Å²) in [5.74, 6) is 0.834. The number of amides is 1. The molecule has 3 rings (SSSR count). The zero-order chi connectivity index (χ0) is 21.5. The first kappa shape index (κ1) is 22.6. The summed E-state index contributed by atoms with van der Waals surface area (Å²) in [6.45, 7) is 4.71. The van der Waals surface area contributed by atoms with E-state index >= 15 is 0 Å². The number of nitrogens with zero attached hydrogens (tertiary/aromatic N) is 3. The zero-order valence-electron chi connectivity index (χ0n) is 17.5. The van der Waals surface area contributed by atoms with Crippen LogP contribution in [0.15, 0.2) is 57.1 Å². The minimum atomic E-state index is -0.0941. The lowest BCUT2D eigenvalue weighted by molar-refractivity contribution is -0.126. The third-order valence-electron chi connectivity index (χ3n) is 4.96. The fourth-order valence-corrected chi connectivity index (χ4v) is 4.73. The standard InChI is InChI=1S/C23H26BrN3O2S/c1-4-5-10-21-22(28)27(15-17-9-7-6-8-16(17)2)23(30-21)26-25-14-18-13-19(24)11-12-20(18)29-3/h6-9,11-14,21H,4-5,10,15H2,1-3H3/b25-14-,26-23+/t21-/m0/s1. The number of rotatable bonds is 8. The van der Waals surface area contributed by atoms with Gasteiger partial charge in [-0.15, -0.1) is 5.10 Å². The topological polar surface area (TPSA) is 54.3 Å². The van der Waals surface area contributed by atoms with Gasteiger partial charge in [0.25, 0.3) is 0 Å². The van der Waals surface area contributed by atoms with Gasteiger partial charge in [-0.25, -0.2) is 0 Å². The van der Waals surface area contributed by atoms with E-state index < -0.39 is 0 Å². The predicted molar refractivity (Wildman–Crippen MR) is 128 cm³/mol. The number of methoxy groups -OCH3 is 1. The van der Waals surface area contributed by atoms with Crippen LogP contribution in [0, 0.1) is 6.92 Å². The van der Waals surface area contributed by atoms with Crippen LogP contribution in [0.1, 0.15) is 42.9 Å². The average Bonchev–Trinajstić information content (AvgIpc) is 3.03. The van der Waals surface area contributed by atoms with E-state index in [1.807, 2.05) is 30.3 Å². The molecule has 158 valence electrons. The summed E-state index contributed by atoms with van der Waals surface area (Å²) in [6, 6.07) is 13.8. The number of amidine groups is 1. The first-order valence-electron chi connectivity index (χ1n) is 10.0. The fraction of sp³-hybridized carbons (Fsp3) is 0.348. The van der Waals surface area contributed by atoms with Gasteiger partial charge in [0.15, 0.2) is 5.17 Å². The molecule has 5 nitrogen and oxygen atoms in total. The molecule has 0 aromatic heterocycles. The van der Waals surface area contributed by atoms with E-state index in [1.54, 1.807) is 18.2 Å². The van der Waals surface area contributed by atoms with Crippen molar-refractivity contribution in [2.75, 3.05) is 7.11 Å². The number of carbonyl (C=O) groups is 1. The highest BCUT2D eigenvalue weighted by atomic mass is 79.9. The Morgan fingerprint density at radius 3 is 2.80 bits per heavy atom. The van der Waals surface area contributed by atoms with Gasteiger partial charge in [-0.1, -0.05) is 71.7 Å². The smallest absolute Gasteiger partial charge is 0.242 e. The van der Waals surface area contributed by atoms with Crippen molar-refractivity contribution in [3.8, 4) is 5.75 Å². The van der Waals surface area contributed by atoms with Crippen molar-refractivity contribution < 1.29 is 9.53 Å². The highest BCUT2D eigenvalue weighted by Gasteiger charge is 2.37. The first-order chi connectivity index (χ1) is 14.5. The van der Waals surface area contributed by atoms with Crippen LogP contribution in [-0.2, 0) is 11.3 Å². The number of hydrogen-bond acceptors (Lipinski definition) is 5. The zero-order valence-corrected chi connectivity index (χ0v) is 19.9. The van der Waals surface area contributed by atoms with E-state index in [4.69, 9.17) is 4.74 Å². The molecule has 1 fully saturated rings. The van der Waals surface area contributed by atoms with E-state index in [2.05, 4.69) is 52.1 Å². The number of unbranched alkanes of at least 4 members (excludes halogenated alkanes) is 1. The molecule has 1 saturated heterocycles. The van der Waals surface area contributed by atoms with Gasteiger partial charge in [-0.3, -0.25) is 9.69 Å². The molecular weight excluding hydrogens is 462 g/mol. The van der Waals surface area contributed by atoms with Crippen LogP contribution < -0.4 is 4.74 Å². The third-order valence-corrected chi connectivity index (χ3v) is 6.69. The Kier molecular flexibility index (Phi) is 8.10. The van der Waals surface area contributed by atoms with Crippen molar-refractivity contribution in [2.45, 2.75) is 44.9 Å². The Morgan fingerprint density at radius 1 is 1.27 bits per heavy atom. The number of hydrogen-bond donors (Lipinski definition) is 0. The molecule has 0 saturated carbocycles. The van der Waals surface area contributed by atoms with Gasteiger partial charge >= 0.3 is 0 Å². The first-order valence-corrected chi connectivity index (χ1v) is 11.7. The maximum absolute atomic E-state index is 13.1. The monoisotopic (exact) mass is 487 g/mol. The lowest BCUT2D eigenvalue weighted by Crippen LogP contribution is -2.31. The quantitative estimate of drug-likeness (QED) is 0.349. The number of thioether (sulfide) groups is 1. The second-order valence-electron chi connectivity index (χ2n) is 7.11. The molecule has 2 aromatic carbocycles. The Labute approximate surface area is 190 Å². The summed E-state index contributed by atoms with van der Waals surface area (Å²) < 4.78 is 6.32. The van der Waals surface area contributed by atoms with Crippen molar-refractivity contribution in [2.24, 2.45) is 10.2 Å². The van der Waals surface area contributed by atoms with Crippen LogP contribution in [0.25, 0.3) is 0 Å². The van der Waals surface area contributed by atoms with Crippen LogP contribution in [0.3, 0.4) is 0 Å². The summed E-state index contributed by atoms with van der Waals surface area (Å²) in [4.78, 5) is 14.8. The minimum absolute atomic E-state index is 0.0941. The van der Waals surface area contributed by atoms with Crippen molar-refractivity contribution >= 4 is 45.0 Å². The summed E-state index contributed by atoms with van der Waals surface area (Å²) in [5, 5.41) is 9.26. The SMILES string of the molecule is CCCC[C@@H]1S/C(=N/N=C\c2cc(Br)ccc2OC)N(Cc2ccccc2C)C1=O. The molecule has 0 N–H and O–H groups in total. The summed E-state index contributed by atoms with van der Waals surface area (Å²) >= 11 is 4.98. The Balaban J connectivity index is 1.86. The molecule has 0 bridgehead atoms. The van der Waals surface area contributed by atoms with Gasteiger partial charge in [0, 0.05) is 10.0 Å². The molecule has 0 spiro atoms. The van der Waals surface area contributed by atoms with E-state index in [0.717, 1.165) is 46.2 Å². The number of benzene rings is 2. The molecule has 1 heterocycles. The Morgan fingerprint density at radius 2 is 2.07 bits per heavy atom. The Bertz CT molecular complexity index is 961. The molecule has 0 unspecified atom stereocenters. The summed E-state index contributed by atoms with van der Waals surface area (Å²) in [5.41, 5.74) is 3.10. The Hall–Kier alpha value is -2.12. The second kappa shape index (κ2) is 10.8. The molecule has 0 radical (unpaired) electrons. The predicted octanol–water partition coefficient (Wildman–Crippen LogP) is 5.79. The highest BCUT2D eigenvalue weighted by Crippen LogP contribution is 2.32. The molecule has 1 aliphatic heterocycles. The molecule has 1 aliphatic rings. The fourth-order valence-electron chi connectivity index (χ4n) is 3.21. The van der Waals surface area contributed by atoms with E-state index in [9.17, 15) is 4.79 Å². The number of halogens is 1. The van der Waals surface area contributed by atoms with Crippen LogP contribution >= 0.6 is 27.7 Å². The largest absolute Gasteiger partial charge is 0.496 e. The van der Waals surface area contributed by atoms with Gasteiger partial charge in [-0.2, -0.15) is 5.10 Å². The highest BCUT2D eigenvalue weighted by molar-refractivity contribution is 9.10. The number of aryl methyl sites for hydroxylation is 1. The third kappa shape index (κ3) is 5.52. The maximum atomic E-state index is 13.1. The molecule has 1 atom stereocenters. The van der Waals surface area contributed by atoms with Crippen molar-refractivity contribution in [1.29, 1.82) is 0 Å². The van der Waals surface area contributed by atoms with Crippen molar-refractivity contribution in [3.05, 3.63) is 63.6 Å². The lowest BCUT2D eigenvalue weighted by Gasteiger charge is -2.17. The van der Waals surface area contributed by atoms with Gasteiger partial charge in [0.1, 0.15) is 5.75 Å².